The van der Waals surface area contributed by atoms with Gasteiger partial charge in [0.2, 0.25) is 0 Å². The van der Waals surface area contributed by atoms with Gasteiger partial charge in [0, 0.05) is 44.9 Å². The molecule has 1 aliphatic rings. The summed E-state index contributed by atoms with van der Waals surface area (Å²) in [5.74, 6) is 1.08. The number of hydrogen-bond acceptors (Lipinski definition) is 5. The number of aromatic hydroxyl groups is 1. The number of nitro benzene ring substituents is 1. The average molecular weight is 409 g/mol. The number of piperazine rings is 1. The molecule has 2 N–H and O–H groups in total. The molecule has 2 aromatic rings. The van der Waals surface area contributed by atoms with Crippen LogP contribution in [0.1, 0.15) is 12.5 Å². The van der Waals surface area contributed by atoms with Gasteiger partial charge in [-0.25, -0.2) is 4.99 Å². The van der Waals surface area contributed by atoms with Gasteiger partial charge in [0.1, 0.15) is 5.75 Å². The van der Waals surface area contributed by atoms with Crippen molar-refractivity contribution in [1.82, 2.24) is 10.2 Å². The Kier molecular flexibility index (Phi) is 6.90. The van der Waals surface area contributed by atoms with E-state index in [4.69, 9.17) is 4.99 Å². The molecule has 0 unspecified atom stereocenters. The topological polar surface area (TPSA) is 94.2 Å². The molecule has 0 radical (unpaired) electrons. The van der Waals surface area contributed by atoms with Crippen molar-refractivity contribution in [3.05, 3.63) is 76.4 Å². The summed E-state index contributed by atoms with van der Waals surface area (Å²) in [7, 11) is 0. The van der Waals surface area contributed by atoms with E-state index in [9.17, 15) is 15.2 Å². The number of nitrogens with one attached hydrogen (secondary N) is 1. The zero-order valence-electron chi connectivity index (χ0n) is 17.1. The summed E-state index contributed by atoms with van der Waals surface area (Å²) in [4.78, 5) is 19.5. The molecule has 0 aromatic heterocycles. The number of benzene rings is 2. The molecule has 0 bridgehead atoms. The largest absolute Gasteiger partial charge is 0.506 e. The van der Waals surface area contributed by atoms with E-state index in [0.717, 1.165) is 49.0 Å². The Morgan fingerprint density at radius 1 is 1.17 bits per heavy atom. The van der Waals surface area contributed by atoms with Gasteiger partial charge in [-0.1, -0.05) is 36.4 Å². The zero-order chi connectivity index (χ0) is 21.5. The number of para-hydroxylation sites is 2. The highest BCUT2D eigenvalue weighted by atomic mass is 16.6. The number of guanidine groups is 1. The fourth-order valence-corrected chi connectivity index (χ4v) is 3.28. The maximum Gasteiger partial charge on any atom is 0.269 e. The first-order valence-corrected chi connectivity index (χ1v) is 9.88. The van der Waals surface area contributed by atoms with Gasteiger partial charge in [0.25, 0.3) is 5.69 Å². The van der Waals surface area contributed by atoms with Crippen molar-refractivity contribution in [2.24, 2.45) is 4.99 Å². The van der Waals surface area contributed by atoms with E-state index < -0.39 is 4.92 Å². The van der Waals surface area contributed by atoms with Crippen molar-refractivity contribution in [2.45, 2.75) is 13.5 Å². The van der Waals surface area contributed by atoms with Crippen LogP contribution < -0.4 is 10.2 Å². The molecule has 0 amide bonds. The predicted octanol–water partition coefficient (Wildman–Crippen LogP) is 3.14. The van der Waals surface area contributed by atoms with Crippen LogP contribution in [0.5, 0.6) is 5.75 Å². The fourth-order valence-electron chi connectivity index (χ4n) is 3.28. The van der Waals surface area contributed by atoms with Crippen LogP contribution in [0.3, 0.4) is 0 Å². The van der Waals surface area contributed by atoms with E-state index >= 15 is 0 Å². The molecule has 3 rings (SSSR count). The van der Waals surface area contributed by atoms with Crippen molar-refractivity contribution in [2.75, 3.05) is 37.6 Å². The monoisotopic (exact) mass is 409 g/mol. The van der Waals surface area contributed by atoms with Gasteiger partial charge in [-0.2, -0.15) is 0 Å². The highest BCUT2D eigenvalue weighted by Crippen LogP contribution is 2.27. The molecule has 2 aromatic carbocycles. The molecule has 1 saturated heterocycles. The maximum absolute atomic E-state index is 10.8. The lowest BCUT2D eigenvalue weighted by molar-refractivity contribution is -0.384. The summed E-state index contributed by atoms with van der Waals surface area (Å²) in [6.07, 6.45) is 0. The third-order valence-electron chi connectivity index (χ3n) is 4.91. The van der Waals surface area contributed by atoms with E-state index in [1.165, 1.54) is 12.1 Å². The standard InChI is InChI=1S/C22H27N5O3/c1-17(2)15-23-22(24-16-18-7-9-19(10-8-18)27(29)30)26-13-11-25(12-14-26)20-5-3-4-6-21(20)28/h3-10,28H,1,11-16H2,2H3,(H,23,24). The second-order valence-corrected chi connectivity index (χ2v) is 7.34. The molecule has 0 atom stereocenters. The number of nitrogens with zero attached hydrogens (tertiary/aromatic N) is 4. The minimum Gasteiger partial charge on any atom is -0.506 e. The fraction of sp³-hybridized carbons (Fsp3) is 0.318. The highest BCUT2D eigenvalue weighted by Gasteiger charge is 2.21. The molecular formula is C22H27N5O3. The Hall–Kier alpha value is -3.55. The number of phenolic OH excluding ortho intramolecular Hbond substituents is 1. The Labute approximate surface area is 176 Å². The molecule has 8 nitrogen and oxygen atoms in total. The van der Waals surface area contributed by atoms with E-state index in [0.29, 0.717) is 18.8 Å². The summed E-state index contributed by atoms with van der Waals surface area (Å²) in [6, 6.07) is 13.8. The zero-order valence-corrected chi connectivity index (χ0v) is 17.1. The van der Waals surface area contributed by atoms with Crippen LogP contribution in [-0.4, -0.2) is 53.6 Å². The van der Waals surface area contributed by atoms with Crippen LogP contribution in [0.25, 0.3) is 0 Å². The number of aliphatic imine (C=N–C) groups is 1. The first-order chi connectivity index (χ1) is 14.4. The molecule has 0 spiro atoms. The van der Waals surface area contributed by atoms with Gasteiger partial charge in [-0.3, -0.25) is 10.1 Å². The van der Waals surface area contributed by atoms with E-state index in [1.54, 1.807) is 18.2 Å². The molecule has 0 aliphatic carbocycles. The van der Waals surface area contributed by atoms with Crippen molar-refractivity contribution in [3.63, 3.8) is 0 Å². The number of non-ortho nitro benzene ring substituents is 1. The lowest BCUT2D eigenvalue weighted by Gasteiger charge is -2.38. The van der Waals surface area contributed by atoms with Crippen molar-refractivity contribution >= 4 is 17.3 Å². The van der Waals surface area contributed by atoms with Gasteiger partial charge in [-0.15, -0.1) is 0 Å². The van der Waals surface area contributed by atoms with Crippen LogP contribution in [-0.2, 0) is 6.54 Å². The van der Waals surface area contributed by atoms with Crippen molar-refractivity contribution in [3.8, 4) is 5.75 Å². The molecular weight excluding hydrogens is 382 g/mol. The number of anilines is 1. The number of hydrogen-bond donors (Lipinski definition) is 2. The van der Waals surface area contributed by atoms with Crippen molar-refractivity contribution < 1.29 is 10.0 Å². The summed E-state index contributed by atoms with van der Waals surface area (Å²) < 4.78 is 0. The first kappa shape index (κ1) is 21.2. The number of nitro groups is 1. The van der Waals surface area contributed by atoms with Gasteiger partial charge in [0.15, 0.2) is 5.96 Å². The molecule has 1 fully saturated rings. The summed E-state index contributed by atoms with van der Waals surface area (Å²) in [5.41, 5.74) is 2.83. The van der Waals surface area contributed by atoms with E-state index in [-0.39, 0.29) is 5.69 Å². The highest BCUT2D eigenvalue weighted by molar-refractivity contribution is 5.80. The van der Waals surface area contributed by atoms with Crippen LogP contribution in [0.15, 0.2) is 65.7 Å². The lowest BCUT2D eigenvalue weighted by atomic mass is 10.2. The molecule has 30 heavy (non-hydrogen) atoms. The summed E-state index contributed by atoms with van der Waals surface area (Å²) in [5, 5.41) is 24.3. The molecule has 158 valence electrons. The van der Waals surface area contributed by atoms with Crippen LogP contribution in [0.2, 0.25) is 0 Å². The Balaban J connectivity index is 1.67. The van der Waals surface area contributed by atoms with Crippen molar-refractivity contribution in [1.29, 1.82) is 0 Å². The second-order valence-electron chi connectivity index (χ2n) is 7.34. The summed E-state index contributed by atoms with van der Waals surface area (Å²) in [6.45, 7) is 10.0. The second kappa shape index (κ2) is 9.78. The Bertz CT molecular complexity index is 919. The molecule has 0 saturated carbocycles. The first-order valence-electron chi connectivity index (χ1n) is 9.88. The Morgan fingerprint density at radius 3 is 2.43 bits per heavy atom. The quantitative estimate of drug-likeness (QED) is 0.250. The normalized spacial score (nSPS) is 14.5. The third kappa shape index (κ3) is 5.50. The minimum atomic E-state index is -0.406. The number of rotatable bonds is 6. The van der Waals surface area contributed by atoms with Crippen LogP contribution >= 0.6 is 0 Å². The maximum atomic E-state index is 10.8. The van der Waals surface area contributed by atoms with Crippen LogP contribution in [0.4, 0.5) is 11.4 Å². The third-order valence-corrected chi connectivity index (χ3v) is 4.91. The SMILES string of the molecule is C=C(C)CNC(=NCc1ccc([N+](=O)[O-])cc1)N1CCN(c2ccccc2O)CC1. The minimum absolute atomic E-state index is 0.0728. The van der Waals surface area contributed by atoms with Gasteiger partial charge in [0.05, 0.1) is 17.2 Å². The van der Waals surface area contributed by atoms with Gasteiger partial charge < -0.3 is 20.2 Å². The van der Waals surface area contributed by atoms with Gasteiger partial charge in [-0.05, 0) is 24.6 Å². The average Bonchev–Trinajstić information content (AvgIpc) is 2.74. The van der Waals surface area contributed by atoms with Crippen LogP contribution in [0, 0.1) is 10.1 Å². The molecule has 1 heterocycles. The van der Waals surface area contributed by atoms with E-state index in [2.05, 4.69) is 21.7 Å². The summed E-state index contributed by atoms with van der Waals surface area (Å²) >= 11 is 0. The molecule has 1 aliphatic heterocycles. The van der Waals surface area contributed by atoms with Gasteiger partial charge >= 0.3 is 0 Å². The number of phenols is 1. The smallest absolute Gasteiger partial charge is 0.269 e. The predicted molar refractivity (Wildman–Crippen MR) is 119 cm³/mol. The lowest BCUT2D eigenvalue weighted by Crippen LogP contribution is -2.52. The van der Waals surface area contributed by atoms with E-state index in [1.807, 2.05) is 25.1 Å². The Morgan fingerprint density at radius 2 is 1.83 bits per heavy atom. The molecule has 8 heteroatoms.